The van der Waals surface area contributed by atoms with Crippen LogP contribution in [0.3, 0.4) is 0 Å². The molecule has 1 atom stereocenters. The zero-order chi connectivity index (χ0) is 16.7. The summed E-state index contributed by atoms with van der Waals surface area (Å²) >= 11 is 0. The van der Waals surface area contributed by atoms with Crippen LogP contribution in [-0.4, -0.2) is 47.9 Å². The Morgan fingerprint density at radius 3 is 2.09 bits per heavy atom. The van der Waals surface area contributed by atoms with E-state index in [1.54, 1.807) is 0 Å². The number of rotatable bonds is 16. The monoisotopic (exact) mass is 319 g/mol. The van der Waals surface area contributed by atoms with E-state index in [4.69, 9.17) is 15.1 Å². The maximum absolute atomic E-state index is 12.4. The van der Waals surface area contributed by atoms with Gasteiger partial charge in [0.25, 0.3) is 0 Å². The predicted molar refractivity (Wildman–Crippen MR) is 89.9 cm³/mol. The summed E-state index contributed by atoms with van der Waals surface area (Å²) in [7, 11) is 0. The SMILES string of the molecule is CC(C)CCCCCCCO[N+]([O-])(CCO)CCCCCO. The molecule has 134 valence electrons. The Labute approximate surface area is 136 Å². The summed E-state index contributed by atoms with van der Waals surface area (Å²) in [6.07, 6.45) is 9.31. The minimum atomic E-state index is -0.755. The van der Waals surface area contributed by atoms with Crippen LogP contribution in [0.4, 0.5) is 0 Å². The van der Waals surface area contributed by atoms with Crippen molar-refractivity contribution < 1.29 is 19.9 Å². The molecule has 0 aromatic heterocycles. The van der Waals surface area contributed by atoms with Crippen molar-refractivity contribution in [3.63, 3.8) is 0 Å². The van der Waals surface area contributed by atoms with Crippen molar-refractivity contribution in [2.45, 2.75) is 71.6 Å². The fourth-order valence-electron chi connectivity index (χ4n) is 2.45. The van der Waals surface area contributed by atoms with E-state index < -0.39 is 4.81 Å². The molecular formula is C17H37NO4. The molecule has 0 aliphatic heterocycles. The number of nitrogens with zero attached hydrogens (tertiary/aromatic N) is 1. The number of unbranched alkanes of at least 4 members (excludes halogenated alkanes) is 6. The maximum atomic E-state index is 12.4. The first kappa shape index (κ1) is 21.8. The summed E-state index contributed by atoms with van der Waals surface area (Å²) in [5.41, 5.74) is 0. The van der Waals surface area contributed by atoms with E-state index in [0.29, 0.717) is 13.2 Å². The average Bonchev–Trinajstić information content (AvgIpc) is 2.46. The molecule has 0 saturated carbocycles. The Bertz CT molecular complexity index is 239. The molecule has 22 heavy (non-hydrogen) atoms. The minimum Gasteiger partial charge on any atom is -0.598 e. The Kier molecular flexibility index (Phi) is 14.3. The molecular weight excluding hydrogens is 282 g/mol. The average molecular weight is 319 g/mol. The zero-order valence-electron chi connectivity index (χ0n) is 14.6. The molecule has 0 aromatic carbocycles. The van der Waals surface area contributed by atoms with Crippen LogP contribution in [0, 0.1) is 11.1 Å². The molecule has 5 heteroatoms. The van der Waals surface area contributed by atoms with Gasteiger partial charge in [-0.05, 0) is 31.6 Å². The summed E-state index contributed by atoms with van der Waals surface area (Å²) in [5, 5.41) is 30.1. The van der Waals surface area contributed by atoms with Crippen LogP contribution in [-0.2, 0) is 4.84 Å². The van der Waals surface area contributed by atoms with E-state index in [1.807, 2.05) is 0 Å². The summed E-state index contributed by atoms with van der Waals surface area (Å²) in [4.78, 5) is 4.70. The number of quaternary nitrogens is 1. The molecule has 0 spiro atoms. The van der Waals surface area contributed by atoms with Gasteiger partial charge in [0.2, 0.25) is 0 Å². The van der Waals surface area contributed by atoms with Crippen LogP contribution >= 0.6 is 0 Å². The van der Waals surface area contributed by atoms with Crippen molar-refractivity contribution in [3.05, 3.63) is 5.21 Å². The first-order valence-electron chi connectivity index (χ1n) is 8.98. The summed E-state index contributed by atoms with van der Waals surface area (Å²) in [5.74, 6) is 0.783. The van der Waals surface area contributed by atoms with Crippen molar-refractivity contribution in [2.24, 2.45) is 5.92 Å². The number of aliphatic hydroxyl groups excluding tert-OH is 2. The highest BCUT2D eigenvalue weighted by Gasteiger charge is 2.17. The Hall–Kier alpha value is -0.200. The second kappa shape index (κ2) is 14.4. The Morgan fingerprint density at radius 2 is 1.45 bits per heavy atom. The van der Waals surface area contributed by atoms with Gasteiger partial charge >= 0.3 is 0 Å². The lowest BCUT2D eigenvalue weighted by Gasteiger charge is -2.38. The predicted octanol–water partition coefficient (Wildman–Crippen LogP) is 3.38. The third kappa shape index (κ3) is 13.5. The van der Waals surface area contributed by atoms with Crippen molar-refractivity contribution in [2.75, 3.05) is 32.9 Å². The van der Waals surface area contributed by atoms with E-state index in [1.165, 1.54) is 25.7 Å². The van der Waals surface area contributed by atoms with Crippen molar-refractivity contribution in [3.8, 4) is 0 Å². The van der Waals surface area contributed by atoms with Crippen LogP contribution in [0.5, 0.6) is 0 Å². The molecule has 0 rings (SSSR count). The highest BCUT2D eigenvalue weighted by molar-refractivity contribution is 4.48. The van der Waals surface area contributed by atoms with E-state index in [-0.39, 0.29) is 19.8 Å². The molecule has 0 aliphatic rings. The third-order valence-electron chi connectivity index (χ3n) is 3.85. The molecule has 0 amide bonds. The smallest absolute Gasteiger partial charge is 0.132 e. The fraction of sp³-hybridized carbons (Fsp3) is 1.00. The topological polar surface area (TPSA) is 72.8 Å². The van der Waals surface area contributed by atoms with Gasteiger partial charge in [0.1, 0.15) is 19.7 Å². The largest absolute Gasteiger partial charge is 0.598 e. The molecule has 0 fully saturated rings. The standard InChI is InChI=1S/C17H37NO4/c1-17(2)11-7-4-3-5-10-16-22-18(21,13-15-20)12-8-6-9-14-19/h17,19-20H,3-16H2,1-2H3. The number of hydrogen-bond donors (Lipinski definition) is 2. The normalized spacial score (nSPS) is 14.5. The first-order chi connectivity index (χ1) is 10.5. The van der Waals surface area contributed by atoms with Crippen LogP contribution < -0.4 is 0 Å². The van der Waals surface area contributed by atoms with E-state index in [2.05, 4.69) is 13.8 Å². The lowest BCUT2D eigenvalue weighted by Crippen LogP contribution is -2.45. The number of hydrogen-bond acceptors (Lipinski definition) is 4. The molecule has 0 heterocycles. The van der Waals surface area contributed by atoms with Crippen molar-refractivity contribution in [1.82, 2.24) is 0 Å². The van der Waals surface area contributed by atoms with Crippen LogP contribution in [0.1, 0.15) is 71.6 Å². The van der Waals surface area contributed by atoms with Crippen LogP contribution in [0.2, 0.25) is 0 Å². The second-order valence-electron chi connectivity index (χ2n) is 6.55. The van der Waals surface area contributed by atoms with Gasteiger partial charge in [-0.3, -0.25) is 0 Å². The molecule has 0 radical (unpaired) electrons. The summed E-state index contributed by atoms with van der Waals surface area (Å²) < 4.78 is 0. The van der Waals surface area contributed by atoms with E-state index in [9.17, 15) is 5.21 Å². The van der Waals surface area contributed by atoms with E-state index >= 15 is 0 Å². The van der Waals surface area contributed by atoms with Gasteiger partial charge in [-0.2, -0.15) is 0 Å². The van der Waals surface area contributed by atoms with Gasteiger partial charge in [-0.15, -0.1) is 0 Å². The zero-order valence-corrected chi connectivity index (χ0v) is 14.6. The van der Waals surface area contributed by atoms with Gasteiger partial charge < -0.3 is 15.4 Å². The quantitative estimate of drug-likeness (QED) is 0.260. The first-order valence-corrected chi connectivity index (χ1v) is 8.98. The summed E-state index contributed by atoms with van der Waals surface area (Å²) in [6.45, 7) is 5.42. The Balaban J connectivity index is 3.67. The van der Waals surface area contributed by atoms with Gasteiger partial charge in [-0.1, -0.05) is 46.0 Å². The van der Waals surface area contributed by atoms with Gasteiger partial charge in [0.15, 0.2) is 0 Å². The third-order valence-corrected chi connectivity index (χ3v) is 3.85. The summed E-state index contributed by atoms with van der Waals surface area (Å²) in [6, 6.07) is 0. The van der Waals surface area contributed by atoms with Crippen LogP contribution in [0.15, 0.2) is 0 Å². The van der Waals surface area contributed by atoms with E-state index in [0.717, 1.165) is 38.0 Å². The molecule has 0 saturated heterocycles. The van der Waals surface area contributed by atoms with Gasteiger partial charge in [0, 0.05) is 6.61 Å². The molecule has 0 aliphatic carbocycles. The molecule has 1 unspecified atom stereocenters. The maximum Gasteiger partial charge on any atom is 0.132 e. The molecule has 0 aromatic rings. The second-order valence-corrected chi connectivity index (χ2v) is 6.55. The van der Waals surface area contributed by atoms with Crippen molar-refractivity contribution in [1.29, 1.82) is 0 Å². The highest BCUT2D eigenvalue weighted by Crippen LogP contribution is 2.13. The lowest BCUT2D eigenvalue weighted by molar-refractivity contribution is -1.07. The number of aliphatic hydroxyl groups is 2. The van der Waals surface area contributed by atoms with Gasteiger partial charge in [0.05, 0.1) is 6.61 Å². The lowest BCUT2D eigenvalue weighted by atomic mass is 10.0. The van der Waals surface area contributed by atoms with Crippen LogP contribution in [0.25, 0.3) is 0 Å². The molecule has 0 bridgehead atoms. The number of hydroxylamine groups is 4. The fourth-order valence-corrected chi connectivity index (χ4v) is 2.45. The molecule has 2 N–H and O–H groups in total. The molecule has 5 nitrogen and oxygen atoms in total. The van der Waals surface area contributed by atoms with Crippen molar-refractivity contribution >= 4 is 0 Å². The highest BCUT2D eigenvalue weighted by atomic mass is 16.9. The Morgan fingerprint density at radius 1 is 0.818 bits per heavy atom. The minimum absolute atomic E-state index is 0.0908. The van der Waals surface area contributed by atoms with Gasteiger partial charge in [-0.25, -0.2) is 9.65 Å².